The van der Waals surface area contributed by atoms with Gasteiger partial charge in [-0.2, -0.15) is 0 Å². The van der Waals surface area contributed by atoms with Gasteiger partial charge in [0.15, 0.2) is 0 Å². The Labute approximate surface area is 147 Å². The molecule has 3 fully saturated rings. The van der Waals surface area contributed by atoms with Crippen molar-refractivity contribution in [2.45, 2.75) is 49.8 Å². The van der Waals surface area contributed by atoms with Crippen LogP contribution in [0.1, 0.15) is 37.7 Å². The van der Waals surface area contributed by atoms with E-state index in [1.807, 2.05) is 4.90 Å². The average Bonchev–Trinajstić information content (AvgIpc) is 3.28. The Balaban J connectivity index is 1.29. The summed E-state index contributed by atoms with van der Waals surface area (Å²) in [7, 11) is -3.13. The molecule has 0 unspecified atom stereocenters. The Morgan fingerprint density at radius 3 is 2.76 bits per heavy atom. The zero-order chi connectivity index (χ0) is 17.7. The van der Waals surface area contributed by atoms with E-state index in [0.29, 0.717) is 18.7 Å². The molecule has 1 N–H and O–H groups in total. The van der Waals surface area contributed by atoms with Crippen molar-refractivity contribution in [2.75, 3.05) is 13.1 Å². The Hall–Kier alpha value is -1.47. The van der Waals surface area contributed by atoms with Gasteiger partial charge in [0.05, 0.1) is 11.7 Å². The average molecular weight is 366 g/mol. The molecule has 136 valence electrons. The summed E-state index contributed by atoms with van der Waals surface area (Å²) in [6, 6.07) is 6.17. The number of rotatable bonds is 5. The second-order valence-electron chi connectivity index (χ2n) is 7.84. The Morgan fingerprint density at radius 1 is 1.32 bits per heavy atom. The van der Waals surface area contributed by atoms with Crippen LogP contribution in [0.15, 0.2) is 24.3 Å². The maximum Gasteiger partial charge on any atom is 0.227 e. The number of hydrogen-bond donors (Lipinski definition) is 1. The molecule has 4 rings (SSSR count). The molecule has 2 saturated carbocycles. The lowest BCUT2D eigenvalue weighted by Crippen LogP contribution is -2.52. The van der Waals surface area contributed by atoms with Crippen LogP contribution in [0.2, 0.25) is 0 Å². The number of carbonyl (C=O) groups is 1. The highest BCUT2D eigenvalue weighted by molar-refractivity contribution is 7.90. The number of carbonyl (C=O) groups excluding carboxylic acids is 1. The molecule has 5 nitrogen and oxygen atoms in total. The largest absolute Gasteiger partial charge is 0.342 e. The summed E-state index contributed by atoms with van der Waals surface area (Å²) in [6.45, 7) is 1.39. The molecule has 1 aliphatic heterocycles. The lowest BCUT2D eigenvalue weighted by Gasteiger charge is -2.45. The third-order valence-electron chi connectivity index (χ3n) is 5.69. The van der Waals surface area contributed by atoms with E-state index in [1.165, 1.54) is 12.1 Å². The highest BCUT2D eigenvalue weighted by Gasteiger charge is 2.51. The summed E-state index contributed by atoms with van der Waals surface area (Å²) in [5.74, 6) is -0.308. The van der Waals surface area contributed by atoms with E-state index in [0.717, 1.165) is 32.1 Å². The van der Waals surface area contributed by atoms with Crippen LogP contribution in [-0.2, 0) is 21.2 Å². The minimum absolute atomic E-state index is 0.0175. The Bertz CT molecular complexity index is 785. The number of nitrogens with one attached hydrogen (secondary N) is 1. The van der Waals surface area contributed by atoms with Gasteiger partial charge < -0.3 is 4.90 Å². The van der Waals surface area contributed by atoms with Gasteiger partial charge in [0.2, 0.25) is 15.9 Å². The summed E-state index contributed by atoms with van der Waals surface area (Å²) in [5, 5.41) is -0.183. The molecule has 1 heterocycles. The van der Waals surface area contributed by atoms with E-state index in [9.17, 15) is 17.6 Å². The van der Waals surface area contributed by atoms with Crippen LogP contribution in [0, 0.1) is 11.2 Å². The number of nitrogens with zero attached hydrogens (tertiary/aromatic N) is 1. The molecule has 7 heteroatoms. The molecule has 0 bridgehead atoms. The molecule has 0 aromatic heterocycles. The number of amides is 1. The van der Waals surface area contributed by atoms with Gasteiger partial charge in [0.25, 0.3) is 0 Å². The molecule has 25 heavy (non-hydrogen) atoms. The number of sulfonamides is 1. The highest BCUT2D eigenvalue weighted by atomic mass is 32.2. The van der Waals surface area contributed by atoms with Gasteiger partial charge in [-0.3, -0.25) is 4.79 Å². The molecule has 1 saturated heterocycles. The Kier molecular flexibility index (Phi) is 4.11. The second kappa shape index (κ2) is 6.06. The zero-order valence-electron chi connectivity index (χ0n) is 14.1. The van der Waals surface area contributed by atoms with Crippen molar-refractivity contribution in [3.05, 3.63) is 35.6 Å². The standard InChI is InChI=1S/C18H23FN2O3S/c19-14-3-1-2-13(8-14)9-17(22)21-7-6-18(12-21)10-15(11-18)20-25(23,24)16-4-5-16/h1-3,8,15-16,20H,4-7,9-12H2. The van der Waals surface area contributed by atoms with Crippen LogP contribution < -0.4 is 4.72 Å². The van der Waals surface area contributed by atoms with Crippen LogP contribution in [-0.4, -0.2) is 43.6 Å². The number of halogens is 1. The molecule has 1 amide bonds. The van der Waals surface area contributed by atoms with Crippen molar-refractivity contribution in [1.29, 1.82) is 0 Å². The van der Waals surface area contributed by atoms with Gasteiger partial charge >= 0.3 is 0 Å². The first-order valence-corrected chi connectivity index (χ1v) is 10.4. The van der Waals surface area contributed by atoms with E-state index in [4.69, 9.17) is 0 Å². The summed E-state index contributed by atoms with van der Waals surface area (Å²) >= 11 is 0. The molecule has 2 aliphatic carbocycles. The SMILES string of the molecule is O=C(Cc1cccc(F)c1)N1CCC2(CC(NS(=O)(=O)C3CC3)C2)C1. The van der Waals surface area contributed by atoms with Gasteiger partial charge in [-0.05, 0) is 55.2 Å². The first-order chi connectivity index (χ1) is 11.9. The smallest absolute Gasteiger partial charge is 0.227 e. The van der Waals surface area contributed by atoms with Crippen LogP contribution in [0.5, 0.6) is 0 Å². The molecule has 0 atom stereocenters. The molecular formula is C18H23FN2O3S. The van der Waals surface area contributed by atoms with Crippen LogP contribution in [0.3, 0.4) is 0 Å². The fourth-order valence-corrected chi connectivity index (χ4v) is 5.77. The summed E-state index contributed by atoms with van der Waals surface area (Å²) < 4.78 is 40.1. The van der Waals surface area contributed by atoms with E-state index >= 15 is 0 Å². The summed E-state index contributed by atoms with van der Waals surface area (Å²) in [6.07, 6.45) is 4.30. The zero-order valence-corrected chi connectivity index (χ0v) is 14.9. The maximum atomic E-state index is 13.2. The van der Waals surface area contributed by atoms with Gasteiger partial charge in [-0.25, -0.2) is 17.5 Å². The monoisotopic (exact) mass is 366 g/mol. The fourth-order valence-electron chi connectivity index (χ4n) is 4.19. The number of hydrogen-bond acceptors (Lipinski definition) is 3. The second-order valence-corrected chi connectivity index (χ2v) is 9.83. The normalized spacial score (nSPS) is 29.0. The number of benzene rings is 1. The maximum absolute atomic E-state index is 13.2. The van der Waals surface area contributed by atoms with E-state index in [-0.39, 0.29) is 34.9 Å². The van der Waals surface area contributed by atoms with Crippen LogP contribution in [0.25, 0.3) is 0 Å². The van der Waals surface area contributed by atoms with Crippen molar-refractivity contribution in [3.8, 4) is 0 Å². The molecule has 1 spiro atoms. The van der Waals surface area contributed by atoms with Gasteiger partial charge in [-0.15, -0.1) is 0 Å². The summed E-state index contributed by atoms with van der Waals surface area (Å²) in [4.78, 5) is 14.3. The molecular weight excluding hydrogens is 343 g/mol. The van der Waals surface area contributed by atoms with Gasteiger partial charge in [0, 0.05) is 19.1 Å². The third kappa shape index (κ3) is 3.58. The Morgan fingerprint density at radius 2 is 2.08 bits per heavy atom. The topological polar surface area (TPSA) is 66.5 Å². The number of likely N-dealkylation sites (tertiary alicyclic amines) is 1. The molecule has 1 aromatic rings. The predicted octanol–water partition coefficient (Wildman–Crippen LogP) is 1.83. The van der Waals surface area contributed by atoms with Crippen molar-refractivity contribution in [3.63, 3.8) is 0 Å². The van der Waals surface area contributed by atoms with Crippen LogP contribution >= 0.6 is 0 Å². The summed E-state index contributed by atoms with van der Waals surface area (Å²) in [5.41, 5.74) is 0.753. The first-order valence-electron chi connectivity index (χ1n) is 8.89. The van der Waals surface area contributed by atoms with E-state index < -0.39 is 10.0 Å². The van der Waals surface area contributed by atoms with Crippen molar-refractivity contribution in [1.82, 2.24) is 9.62 Å². The molecule has 1 aromatic carbocycles. The lowest BCUT2D eigenvalue weighted by molar-refractivity contribution is -0.130. The van der Waals surface area contributed by atoms with Gasteiger partial charge in [0.1, 0.15) is 5.82 Å². The quantitative estimate of drug-likeness (QED) is 0.865. The molecule has 0 radical (unpaired) electrons. The van der Waals surface area contributed by atoms with E-state index in [1.54, 1.807) is 12.1 Å². The lowest BCUT2D eigenvalue weighted by atomic mass is 9.65. The third-order valence-corrected chi connectivity index (χ3v) is 7.70. The van der Waals surface area contributed by atoms with Crippen molar-refractivity contribution >= 4 is 15.9 Å². The van der Waals surface area contributed by atoms with Crippen LogP contribution in [0.4, 0.5) is 4.39 Å². The fraction of sp³-hybridized carbons (Fsp3) is 0.611. The van der Waals surface area contributed by atoms with E-state index in [2.05, 4.69) is 4.72 Å². The van der Waals surface area contributed by atoms with Gasteiger partial charge in [-0.1, -0.05) is 12.1 Å². The molecule has 3 aliphatic rings. The minimum atomic E-state index is -3.13. The highest BCUT2D eigenvalue weighted by Crippen LogP contribution is 2.48. The van der Waals surface area contributed by atoms with Crippen molar-refractivity contribution in [2.24, 2.45) is 5.41 Å². The van der Waals surface area contributed by atoms with Crippen molar-refractivity contribution < 1.29 is 17.6 Å². The minimum Gasteiger partial charge on any atom is -0.342 e. The predicted molar refractivity (Wildman–Crippen MR) is 91.8 cm³/mol. The first kappa shape index (κ1) is 17.0.